The Labute approximate surface area is 194 Å². The number of nitrogens with one attached hydrogen (secondary N) is 2. The molecular formula is C23H25BrN2O6. The summed E-state index contributed by atoms with van der Waals surface area (Å²) >= 11 is 3.37. The van der Waals surface area contributed by atoms with Gasteiger partial charge in [-0.1, -0.05) is 28.9 Å². The summed E-state index contributed by atoms with van der Waals surface area (Å²) in [5.74, 6) is -0.948. The molecule has 0 unspecified atom stereocenters. The number of anilines is 1. The molecule has 2 aromatic carbocycles. The van der Waals surface area contributed by atoms with Gasteiger partial charge in [0.15, 0.2) is 5.78 Å². The number of rotatable bonds is 9. The summed E-state index contributed by atoms with van der Waals surface area (Å²) in [7, 11) is 0. The first-order chi connectivity index (χ1) is 15.2. The van der Waals surface area contributed by atoms with Crippen LogP contribution in [0.3, 0.4) is 0 Å². The van der Waals surface area contributed by atoms with Crippen molar-refractivity contribution in [1.82, 2.24) is 5.48 Å². The molecule has 0 saturated heterocycles. The Kier molecular flexibility index (Phi) is 9.42. The van der Waals surface area contributed by atoms with E-state index < -0.39 is 18.1 Å². The number of allylic oxidation sites excluding steroid dienone is 1. The summed E-state index contributed by atoms with van der Waals surface area (Å²) in [5, 5.41) is 21.5. The van der Waals surface area contributed by atoms with Gasteiger partial charge in [0.1, 0.15) is 11.9 Å². The Bertz CT molecular complexity index is 990. The fourth-order valence-corrected chi connectivity index (χ4v) is 3.41. The highest BCUT2D eigenvalue weighted by Crippen LogP contribution is 2.36. The van der Waals surface area contributed by atoms with Crippen molar-refractivity contribution in [3.05, 3.63) is 70.2 Å². The minimum Gasteiger partial charge on any atom is -0.508 e. The second-order valence-electron chi connectivity index (χ2n) is 7.22. The standard InChI is InChI=1S/C23H25BrN2O6/c1-14(5-3-4-6-21(29)26-31)22(19-13-17(24)9-12-20(19)28)32-23(30)25-18-10-7-16(8-11-18)15(2)27/h4,6-14,22,28,31H,3,5H2,1-2H3,(H,25,30)(H,26,29)/b6-4+/t14-,22-/m0/s1. The molecule has 0 fully saturated rings. The van der Waals surface area contributed by atoms with E-state index in [-0.39, 0.29) is 17.5 Å². The molecule has 0 aliphatic carbocycles. The lowest BCUT2D eigenvalue weighted by molar-refractivity contribution is -0.124. The maximum absolute atomic E-state index is 12.6. The van der Waals surface area contributed by atoms with Crippen molar-refractivity contribution in [3.63, 3.8) is 0 Å². The molecule has 0 heterocycles. The predicted octanol–water partition coefficient (Wildman–Crippen LogP) is 5.13. The third-order valence-electron chi connectivity index (χ3n) is 4.75. The summed E-state index contributed by atoms with van der Waals surface area (Å²) < 4.78 is 6.39. The number of carbonyl (C=O) groups is 3. The second-order valence-corrected chi connectivity index (χ2v) is 8.14. The number of benzene rings is 2. The Morgan fingerprint density at radius 1 is 1.16 bits per heavy atom. The van der Waals surface area contributed by atoms with Crippen molar-refractivity contribution in [3.8, 4) is 5.75 Å². The first-order valence-corrected chi connectivity index (χ1v) is 10.7. The van der Waals surface area contributed by atoms with Crippen LogP contribution in [0.4, 0.5) is 10.5 Å². The number of carbonyl (C=O) groups excluding carboxylic acids is 3. The fourth-order valence-electron chi connectivity index (χ4n) is 3.03. The zero-order valence-electron chi connectivity index (χ0n) is 17.7. The van der Waals surface area contributed by atoms with Gasteiger partial charge in [-0.15, -0.1) is 0 Å². The highest BCUT2D eigenvalue weighted by Gasteiger charge is 2.26. The Morgan fingerprint density at radius 2 is 1.84 bits per heavy atom. The number of amides is 2. The average Bonchev–Trinajstić information content (AvgIpc) is 2.76. The number of hydroxylamine groups is 1. The average molecular weight is 505 g/mol. The van der Waals surface area contributed by atoms with Crippen LogP contribution < -0.4 is 10.8 Å². The molecule has 2 aromatic rings. The lowest BCUT2D eigenvalue weighted by atomic mass is 9.92. The molecule has 2 rings (SSSR count). The van der Waals surface area contributed by atoms with Gasteiger partial charge in [-0.05, 0) is 68.1 Å². The predicted molar refractivity (Wildman–Crippen MR) is 123 cm³/mol. The van der Waals surface area contributed by atoms with Crippen LogP contribution in [0.1, 0.15) is 48.7 Å². The zero-order valence-corrected chi connectivity index (χ0v) is 19.3. The minimum atomic E-state index is -0.774. The van der Waals surface area contributed by atoms with Crippen LogP contribution in [0.15, 0.2) is 59.1 Å². The lowest BCUT2D eigenvalue weighted by Crippen LogP contribution is -2.22. The minimum absolute atomic E-state index is 0.0149. The number of hydrogen-bond acceptors (Lipinski definition) is 6. The number of ether oxygens (including phenoxy) is 1. The topological polar surface area (TPSA) is 125 Å². The molecule has 0 aliphatic rings. The second kappa shape index (κ2) is 12.0. The Morgan fingerprint density at radius 3 is 2.47 bits per heavy atom. The van der Waals surface area contributed by atoms with Gasteiger partial charge in [0, 0.05) is 27.4 Å². The van der Waals surface area contributed by atoms with E-state index in [0.717, 1.165) is 0 Å². The molecule has 4 N–H and O–H groups in total. The maximum Gasteiger partial charge on any atom is 0.412 e. The highest BCUT2D eigenvalue weighted by atomic mass is 79.9. The van der Waals surface area contributed by atoms with Crippen LogP contribution in [0.25, 0.3) is 0 Å². The molecule has 0 spiro atoms. The number of aromatic hydroxyl groups is 1. The number of phenols is 1. The third-order valence-corrected chi connectivity index (χ3v) is 5.25. The van der Waals surface area contributed by atoms with Gasteiger partial charge in [0.05, 0.1) is 0 Å². The molecule has 32 heavy (non-hydrogen) atoms. The summed E-state index contributed by atoms with van der Waals surface area (Å²) in [5.41, 5.74) is 2.94. The molecule has 0 aromatic heterocycles. The third kappa shape index (κ3) is 7.51. The van der Waals surface area contributed by atoms with Gasteiger partial charge in [0.2, 0.25) is 0 Å². The van der Waals surface area contributed by atoms with E-state index in [1.807, 2.05) is 6.92 Å². The van der Waals surface area contributed by atoms with Gasteiger partial charge >= 0.3 is 6.09 Å². The maximum atomic E-state index is 12.6. The first-order valence-electron chi connectivity index (χ1n) is 9.89. The highest BCUT2D eigenvalue weighted by molar-refractivity contribution is 9.10. The molecule has 8 nitrogen and oxygen atoms in total. The first kappa shape index (κ1) is 25.1. The number of halogens is 1. The molecule has 9 heteroatoms. The largest absolute Gasteiger partial charge is 0.508 e. The smallest absolute Gasteiger partial charge is 0.412 e. The van der Waals surface area contributed by atoms with Crippen LogP contribution >= 0.6 is 15.9 Å². The molecule has 170 valence electrons. The number of Topliss-reactive ketones (excluding diaryl/α,β-unsaturated/α-hetero) is 1. The van der Waals surface area contributed by atoms with E-state index >= 15 is 0 Å². The van der Waals surface area contributed by atoms with Gasteiger partial charge in [0.25, 0.3) is 5.91 Å². The quantitative estimate of drug-likeness (QED) is 0.162. The van der Waals surface area contributed by atoms with E-state index in [1.165, 1.54) is 24.5 Å². The molecule has 2 atom stereocenters. The van der Waals surface area contributed by atoms with Crippen LogP contribution in [-0.2, 0) is 9.53 Å². The van der Waals surface area contributed by atoms with E-state index in [9.17, 15) is 19.5 Å². The molecule has 0 bridgehead atoms. The van der Waals surface area contributed by atoms with E-state index in [1.54, 1.807) is 42.5 Å². The van der Waals surface area contributed by atoms with Crippen LogP contribution in [0.5, 0.6) is 5.75 Å². The molecule has 0 aliphatic heterocycles. The van der Waals surface area contributed by atoms with Crippen molar-refractivity contribution in [2.24, 2.45) is 5.92 Å². The van der Waals surface area contributed by atoms with Crippen LogP contribution in [-0.4, -0.2) is 28.1 Å². The van der Waals surface area contributed by atoms with Gasteiger partial charge in [-0.25, -0.2) is 10.3 Å². The normalized spacial score (nSPS) is 12.8. The summed E-state index contributed by atoms with van der Waals surface area (Å²) in [6.07, 6.45) is 2.33. The summed E-state index contributed by atoms with van der Waals surface area (Å²) in [4.78, 5) is 35.1. The summed E-state index contributed by atoms with van der Waals surface area (Å²) in [6.45, 7) is 3.32. The Balaban J connectivity index is 2.15. The zero-order chi connectivity index (χ0) is 23.7. The molecule has 2 amide bonds. The number of hydrogen-bond donors (Lipinski definition) is 4. The van der Waals surface area contributed by atoms with E-state index in [2.05, 4.69) is 21.2 Å². The van der Waals surface area contributed by atoms with Gasteiger partial charge < -0.3 is 9.84 Å². The van der Waals surface area contributed by atoms with E-state index in [0.29, 0.717) is 34.1 Å². The van der Waals surface area contributed by atoms with Gasteiger partial charge in [-0.2, -0.15) is 0 Å². The van der Waals surface area contributed by atoms with Crippen molar-refractivity contribution >= 4 is 39.4 Å². The molecular weight excluding hydrogens is 480 g/mol. The van der Waals surface area contributed by atoms with Crippen LogP contribution in [0.2, 0.25) is 0 Å². The molecule has 0 saturated carbocycles. The van der Waals surface area contributed by atoms with Crippen molar-refractivity contribution < 1.29 is 29.4 Å². The monoisotopic (exact) mass is 504 g/mol. The molecule has 0 radical (unpaired) electrons. The lowest BCUT2D eigenvalue weighted by Gasteiger charge is -2.25. The van der Waals surface area contributed by atoms with Crippen LogP contribution in [0, 0.1) is 5.92 Å². The fraction of sp³-hybridized carbons (Fsp3) is 0.261. The number of ketones is 1. The SMILES string of the molecule is CC(=O)c1ccc(NC(=O)O[C@H](c2cc(Br)ccc2O)[C@@H](C)CC/C=C/C(=O)NO)cc1. The van der Waals surface area contributed by atoms with E-state index in [4.69, 9.17) is 9.94 Å². The Hall–Kier alpha value is -3.17. The van der Waals surface area contributed by atoms with Crippen molar-refractivity contribution in [2.75, 3.05) is 5.32 Å². The van der Waals surface area contributed by atoms with Crippen molar-refractivity contribution in [2.45, 2.75) is 32.8 Å². The number of phenolic OH excluding ortho intramolecular Hbond substituents is 1. The summed E-state index contributed by atoms with van der Waals surface area (Å²) in [6, 6.07) is 11.3. The van der Waals surface area contributed by atoms with Gasteiger partial charge in [-0.3, -0.25) is 20.1 Å². The van der Waals surface area contributed by atoms with Crippen molar-refractivity contribution in [1.29, 1.82) is 0 Å².